The summed E-state index contributed by atoms with van der Waals surface area (Å²) >= 11 is 0. The summed E-state index contributed by atoms with van der Waals surface area (Å²) in [6.07, 6.45) is 6.52. The van der Waals surface area contributed by atoms with Crippen molar-refractivity contribution in [1.82, 2.24) is 10.1 Å². The Kier molecular flexibility index (Phi) is 9.40. The zero-order chi connectivity index (χ0) is 22.0. The molecule has 2 aromatic rings. The molecule has 0 fully saturated rings. The summed E-state index contributed by atoms with van der Waals surface area (Å²) in [6.45, 7) is 6.31. The molecule has 166 valence electrons. The van der Waals surface area contributed by atoms with Gasteiger partial charge < -0.3 is 9.26 Å². The van der Waals surface area contributed by atoms with Gasteiger partial charge in [-0.25, -0.2) is 0 Å². The Balaban J connectivity index is 2.09. The fourth-order valence-electron chi connectivity index (χ4n) is 3.04. The quantitative estimate of drug-likeness (QED) is 0.260. The Morgan fingerprint density at radius 1 is 1.10 bits per heavy atom. The lowest BCUT2D eigenvalue weighted by molar-refractivity contribution is -0.138. The van der Waals surface area contributed by atoms with E-state index in [9.17, 15) is 13.2 Å². The molecule has 0 aliphatic rings. The third-order valence-electron chi connectivity index (χ3n) is 4.79. The average molecular weight is 425 g/mol. The Morgan fingerprint density at radius 3 is 2.53 bits per heavy atom. The van der Waals surface area contributed by atoms with Crippen LogP contribution in [0.3, 0.4) is 0 Å². The van der Waals surface area contributed by atoms with E-state index in [4.69, 9.17) is 9.26 Å². The van der Waals surface area contributed by atoms with Gasteiger partial charge in [0.2, 0.25) is 11.7 Å². The van der Waals surface area contributed by atoms with Crippen molar-refractivity contribution in [2.75, 3.05) is 6.61 Å². The molecule has 30 heavy (non-hydrogen) atoms. The highest BCUT2D eigenvalue weighted by Gasteiger charge is 2.35. The van der Waals surface area contributed by atoms with E-state index in [0.717, 1.165) is 44.6 Å². The van der Waals surface area contributed by atoms with Crippen molar-refractivity contribution in [1.29, 1.82) is 0 Å². The summed E-state index contributed by atoms with van der Waals surface area (Å²) in [5.41, 5.74) is -0.577. The van der Waals surface area contributed by atoms with Crippen LogP contribution in [0.5, 0.6) is 5.75 Å². The Hall–Kier alpha value is -2.31. The maximum absolute atomic E-state index is 13.6. The van der Waals surface area contributed by atoms with Gasteiger partial charge in [-0.15, -0.1) is 0 Å². The van der Waals surface area contributed by atoms with Crippen molar-refractivity contribution in [3.8, 4) is 17.1 Å². The highest BCUT2D eigenvalue weighted by molar-refractivity contribution is 5.59. The topological polar surface area (TPSA) is 48.2 Å². The van der Waals surface area contributed by atoms with E-state index in [1.807, 2.05) is 26.0 Å². The molecule has 1 aromatic carbocycles. The minimum atomic E-state index is -4.53. The first-order valence-corrected chi connectivity index (χ1v) is 10.7. The summed E-state index contributed by atoms with van der Waals surface area (Å²) in [5, 5.41) is 3.85. The monoisotopic (exact) mass is 424 g/mol. The van der Waals surface area contributed by atoms with Gasteiger partial charge >= 0.3 is 6.18 Å². The van der Waals surface area contributed by atoms with Crippen molar-refractivity contribution < 1.29 is 22.4 Å². The van der Waals surface area contributed by atoms with Crippen LogP contribution >= 0.6 is 0 Å². The molecule has 0 bridgehead atoms. The second kappa shape index (κ2) is 11.8. The molecule has 0 saturated carbocycles. The number of aromatic nitrogens is 2. The smallest absolute Gasteiger partial charge is 0.419 e. The van der Waals surface area contributed by atoms with Gasteiger partial charge in [-0.3, -0.25) is 0 Å². The number of nitrogens with zero attached hydrogens (tertiary/aromatic N) is 2. The lowest BCUT2D eigenvalue weighted by atomic mass is 10.1. The molecule has 1 unspecified atom stereocenters. The molecule has 0 aliphatic heterocycles. The number of unbranched alkanes of at least 4 members (excludes halogenated alkanes) is 5. The fraction of sp³-hybridized carbons (Fsp3) is 0.565. The number of benzene rings is 1. The summed E-state index contributed by atoms with van der Waals surface area (Å²) in [7, 11) is 0. The van der Waals surface area contributed by atoms with Crippen LogP contribution < -0.4 is 4.74 Å². The van der Waals surface area contributed by atoms with Crippen LogP contribution in [0.2, 0.25) is 0 Å². The molecule has 0 amide bonds. The van der Waals surface area contributed by atoms with Gasteiger partial charge in [0.05, 0.1) is 18.1 Å². The van der Waals surface area contributed by atoms with Gasteiger partial charge in [0.1, 0.15) is 5.75 Å². The van der Waals surface area contributed by atoms with Crippen molar-refractivity contribution in [3.63, 3.8) is 0 Å². The van der Waals surface area contributed by atoms with Crippen LogP contribution in [-0.2, 0) is 6.18 Å². The average Bonchev–Trinajstić information content (AvgIpc) is 3.21. The second-order valence-electron chi connectivity index (χ2n) is 7.41. The SMILES string of the molecule is CC/C=C\C(C)c1nc(-c2ccc(OCCCCCCCC)c(C(F)(F)F)c2)no1. The molecule has 0 spiro atoms. The molecule has 0 N–H and O–H groups in total. The third-order valence-corrected chi connectivity index (χ3v) is 4.79. The van der Waals surface area contributed by atoms with Crippen LogP contribution in [0, 0.1) is 0 Å². The molecule has 1 aromatic heterocycles. The second-order valence-corrected chi connectivity index (χ2v) is 7.41. The highest BCUT2D eigenvalue weighted by Crippen LogP contribution is 2.38. The summed E-state index contributed by atoms with van der Waals surface area (Å²) in [5.74, 6) is 0.234. The largest absolute Gasteiger partial charge is 0.493 e. The summed E-state index contributed by atoms with van der Waals surface area (Å²) in [6, 6.07) is 3.90. The predicted molar refractivity (Wildman–Crippen MR) is 111 cm³/mol. The summed E-state index contributed by atoms with van der Waals surface area (Å²) < 4.78 is 51.4. The Bertz CT molecular complexity index is 800. The highest BCUT2D eigenvalue weighted by atomic mass is 19.4. The van der Waals surface area contributed by atoms with E-state index in [1.54, 1.807) is 0 Å². The van der Waals surface area contributed by atoms with Gasteiger partial charge in [-0.2, -0.15) is 18.2 Å². The van der Waals surface area contributed by atoms with Crippen LogP contribution in [-0.4, -0.2) is 16.7 Å². The fourth-order valence-corrected chi connectivity index (χ4v) is 3.04. The number of rotatable bonds is 12. The number of hydrogen-bond acceptors (Lipinski definition) is 4. The van der Waals surface area contributed by atoms with E-state index in [0.29, 0.717) is 5.89 Å². The first kappa shape index (κ1) is 24.0. The van der Waals surface area contributed by atoms with Gasteiger partial charge in [-0.1, -0.05) is 70.2 Å². The van der Waals surface area contributed by atoms with Gasteiger partial charge in [0.25, 0.3) is 0 Å². The molecule has 1 heterocycles. The van der Waals surface area contributed by atoms with Crippen LogP contribution in [0.4, 0.5) is 13.2 Å². The number of ether oxygens (including phenoxy) is 1. The van der Waals surface area contributed by atoms with E-state index >= 15 is 0 Å². The first-order valence-electron chi connectivity index (χ1n) is 10.7. The van der Waals surface area contributed by atoms with E-state index in [2.05, 4.69) is 17.1 Å². The Labute approximate surface area is 176 Å². The van der Waals surface area contributed by atoms with Crippen LogP contribution in [0.15, 0.2) is 34.9 Å². The molecule has 0 radical (unpaired) electrons. The van der Waals surface area contributed by atoms with Crippen molar-refractivity contribution in [3.05, 3.63) is 41.8 Å². The molecule has 4 nitrogen and oxygen atoms in total. The molecule has 7 heteroatoms. The number of allylic oxidation sites excluding steroid dienone is 2. The lowest BCUT2D eigenvalue weighted by Gasteiger charge is -2.14. The molecular formula is C23H31F3N2O2. The minimum absolute atomic E-state index is 0.104. The zero-order valence-electron chi connectivity index (χ0n) is 18.0. The molecule has 0 saturated heterocycles. The lowest BCUT2D eigenvalue weighted by Crippen LogP contribution is -2.10. The van der Waals surface area contributed by atoms with Crippen LogP contribution in [0.25, 0.3) is 11.4 Å². The van der Waals surface area contributed by atoms with E-state index < -0.39 is 11.7 Å². The third kappa shape index (κ3) is 7.18. The standard InChI is InChI=1S/C23H31F3N2O2/c1-4-6-8-9-10-11-15-29-20-14-13-18(16-19(20)23(24,25)26)21-27-22(30-28-21)17(3)12-7-5-2/h7,12-14,16-17H,4-6,8-11,15H2,1-3H3/b12-7-. The first-order chi connectivity index (χ1) is 14.4. The Morgan fingerprint density at radius 2 is 1.83 bits per heavy atom. The van der Waals surface area contributed by atoms with Crippen molar-refractivity contribution >= 4 is 0 Å². The van der Waals surface area contributed by atoms with Crippen molar-refractivity contribution in [2.24, 2.45) is 0 Å². The van der Waals surface area contributed by atoms with Crippen molar-refractivity contribution in [2.45, 2.75) is 77.8 Å². The number of halogens is 3. The molecule has 0 aliphatic carbocycles. The van der Waals surface area contributed by atoms with Gasteiger partial charge in [0, 0.05) is 5.56 Å². The molecule has 2 rings (SSSR count). The van der Waals surface area contributed by atoms with Crippen LogP contribution in [0.1, 0.15) is 83.1 Å². The number of hydrogen-bond donors (Lipinski definition) is 0. The predicted octanol–water partition coefficient (Wildman–Crippen LogP) is 7.56. The zero-order valence-corrected chi connectivity index (χ0v) is 18.0. The normalized spacial score (nSPS) is 13.1. The molecular weight excluding hydrogens is 393 g/mol. The van der Waals surface area contributed by atoms with E-state index in [-0.39, 0.29) is 29.7 Å². The number of alkyl halides is 3. The van der Waals surface area contributed by atoms with Gasteiger partial charge in [0.15, 0.2) is 0 Å². The molecule has 1 atom stereocenters. The van der Waals surface area contributed by atoms with E-state index in [1.165, 1.54) is 18.6 Å². The maximum atomic E-state index is 13.6. The summed E-state index contributed by atoms with van der Waals surface area (Å²) in [4.78, 5) is 4.26. The van der Waals surface area contributed by atoms with Gasteiger partial charge in [-0.05, 0) is 31.0 Å². The maximum Gasteiger partial charge on any atom is 0.419 e. The minimum Gasteiger partial charge on any atom is -0.493 e.